The van der Waals surface area contributed by atoms with Crippen LogP contribution in [0.25, 0.3) is 0 Å². The predicted molar refractivity (Wildman–Crippen MR) is 68.0 cm³/mol. The monoisotopic (exact) mass is 239 g/mol. The van der Waals surface area contributed by atoms with Crippen molar-refractivity contribution in [2.75, 3.05) is 13.1 Å². The Morgan fingerprint density at radius 1 is 1.12 bits per heavy atom. The Morgan fingerprint density at radius 3 is 2.59 bits per heavy atom. The lowest BCUT2D eigenvalue weighted by Gasteiger charge is -2.27. The lowest BCUT2D eigenvalue weighted by Crippen LogP contribution is -2.33. The fraction of sp³-hybridized carbons (Fsp3) is 0.929. The molecule has 0 bridgehead atoms. The van der Waals surface area contributed by atoms with Crippen LogP contribution in [0.3, 0.4) is 0 Å². The summed E-state index contributed by atoms with van der Waals surface area (Å²) < 4.78 is 0. The Morgan fingerprint density at radius 2 is 1.88 bits per heavy atom. The minimum Gasteiger partial charge on any atom is -0.481 e. The van der Waals surface area contributed by atoms with Gasteiger partial charge in [-0.3, -0.25) is 9.69 Å². The summed E-state index contributed by atoms with van der Waals surface area (Å²) in [5.74, 6) is 0.273. The first-order valence-electron chi connectivity index (χ1n) is 7.21. The highest BCUT2D eigenvalue weighted by Crippen LogP contribution is 2.28. The number of carbonyl (C=O) groups is 1. The van der Waals surface area contributed by atoms with Crippen molar-refractivity contribution in [2.24, 2.45) is 5.92 Å². The zero-order chi connectivity index (χ0) is 12.1. The second-order valence-corrected chi connectivity index (χ2v) is 5.72. The average molecular weight is 239 g/mol. The molecule has 17 heavy (non-hydrogen) atoms. The lowest BCUT2D eigenvalue weighted by molar-refractivity contribution is -0.138. The Hall–Kier alpha value is -0.570. The third-order valence-electron chi connectivity index (χ3n) is 4.46. The van der Waals surface area contributed by atoms with Crippen LogP contribution < -0.4 is 0 Å². The van der Waals surface area contributed by atoms with Crippen molar-refractivity contribution in [3.63, 3.8) is 0 Å². The molecule has 1 aliphatic carbocycles. The zero-order valence-electron chi connectivity index (χ0n) is 10.7. The number of carboxylic acids is 1. The number of carboxylic acid groups (broad SMARTS) is 1. The van der Waals surface area contributed by atoms with Gasteiger partial charge in [-0.25, -0.2) is 0 Å². The van der Waals surface area contributed by atoms with Gasteiger partial charge in [0, 0.05) is 6.04 Å². The van der Waals surface area contributed by atoms with Gasteiger partial charge in [-0.2, -0.15) is 0 Å². The van der Waals surface area contributed by atoms with Gasteiger partial charge < -0.3 is 5.11 Å². The maximum atomic E-state index is 10.8. The highest BCUT2D eigenvalue weighted by Gasteiger charge is 2.26. The fourth-order valence-electron chi connectivity index (χ4n) is 3.45. The average Bonchev–Trinajstić information content (AvgIpc) is 2.74. The molecule has 3 nitrogen and oxygen atoms in total. The molecule has 0 aromatic heterocycles. The van der Waals surface area contributed by atoms with Gasteiger partial charge in [0.05, 0.1) is 6.42 Å². The zero-order valence-corrected chi connectivity index (χ0v) is 10.7. The SMILES string of the molecule is O=C(O)CC1CCCN1CCC1CCCCC1. The third kappa shape index (κ3) is 3.98. The first kappa shape index (κ1) is 12.9. The molecular weight excluding hydrogens is 214 g/mol. The number of hydrogen-bond donors (Lipinski definition) is 1. The minimum absolute atomic E-state index is 0.316. The van der Waals surface area contributed by atoms with E-state index in [1.54, 1.807) is 0 Å². The van der Waals surface area contributed by atoms with Crippen molar-refractivity contribution >= 4 is 5.97 Å². The van der Waals surface area contributed by atoms with Crippen LogP contribution in [0, 0.1) is 5.92 Å². The smallest absolute Gasteiger partial charge is 0.304 e. The molecule has 0 aromatic rings. The van der Waals surface area contributed by atoms with E-state index in [0.29, 0.717) is 12.5 Å². The van der Waals surface area contributed by atoms with Gasteiger partial charge >= 0.3 is 5.97 Å². The van der Waals surface area contributed by atoms with E-state index in [1.807, 2.05) is 0 Å². The molecular formula is C14H25NO2. The number of nitrogens with zero attached hydrogens (tertiary/aromatic N) is 1. The highest BCUT2D eigenvalue weighted by molar-refractivity contribution is 5.67. The van der Waals surface area contributed by atoms with E-state index in [4.69, 9.17) is 5.11 Å². The van der Waals surface area contributed by atoms with Crippen LogP contribution in [0.4, 0.5) is 0 Å². The molecule has 2 rings (SSSR count). The molecule has 1 aliphatic heterocycles. The van der Waals surface area contributed by atoms with Crippen molar-refractivity contribution in [3.05, 3.63) is 0 Å². The van der Waals surface area contributed by atoms with E-state index in [0.717, 1.165) is 25.4 Å². The maximum Gasteiger partial charge on any atom is 0.304 e. The number of rotatable bonds is 5. The maximum absolute atomic E-state index is 10.8. The van der Waals surface area contributed by atoms with Gasteiger partial charge in [-0.15, -0.1) is 0 Å². The van der Waals surface area contributed by atoms with Gasteiger partial charge in [-0.05, 0) is 38.3 Å². The van der Waals surface area contributed by atoms with Crippen LogP contribution in [0.1, 0.15) is 57.8 Å². The van der Waals surface area contributed by atoms with Crippen LogP contribution in [0.15, 0.2) is 0 Å². The van der Waals surface area contributed by atoms with Crippen LogP contribution in [-0.4, -0.2) is 35.1 Å². The molecule has 0 amide bonds. The summed E-state index contributed by atoms with van der Waals surface area (Å²) in [6.07, 6.45) is 10.9. The fourth-order valence-corrected chi connectivity index (χ4v) is 3.45. The molecule has 3 heteroatoms. The van der Waals surface area contributed by atoms with Crippen LogP contribution in [0.2, 0.25) is 0 Å². The van der Waals surface area contributed by atoms with E-state index in [1.165, 1.54) is 44.9 Å². The van der Waals surface area contributed by atoms with Crippen molar-refractivity contribution in [1.82, 2.24) is 4.90 Å². The molecule has 0 aromatic carbocycles. The van der Waals surface area contributed by atoms with E-state index in [9.17, 15) is 4.79 Å². The first-order valence-corrected chi connectivity index (χ1v) is 7.21. The summed E-state index contributed by atoms with van der Waals surface area (Å²) in [6.45, 7) is 2.24. The molecule has 1 N–H and O–H groups in total. The summed E-state index contributed by atoms with van der Waals surface area (Å²) >= 11 is 0. The molecule has 1 unspecified atom stereocenters. The number of hydrogen-bond acceptors (Lipinski definition) is 2. The largest absolute Gasteiger partial charge is 0.481 e. The first-order chi connectivity index (χ1) is 8.25. The van der Waals surface area contributed by atoms with Gasteiger partial charge in [0.25, 0.3) is 0 Å². The summed E-state index contributed by atoms with van der Waals surface area (Å²) in [6, 6.07) is 0.316. The van der Waals surface area contributed by atoms with Crippen LogP contribution in [-0.2, 0) is 4.79 Å². The number of likely N-dealkylation sites (tertiary alicyclic amines) is 1. The minimum atomic E-state index is -0.639. The van der Waals surface area contributed by atoms with Crippen molar-refractivity contribution in [3.8, 4) is 0 Å². The Labute approximate surface area is 104 Å². The standard InChI is InChI=1S/C14H25NO2/c16-14(17)11-13-7-4-9-15(13)10-8-12-5-2-1-3-6-12/h12-13H,1-11H2,(H,16,17). The molecule has 1 atom stereocenters. The van der Waals surface area contributed by atoms with E-state index in [2.05, 4.69) is 4.90 Å². The second kappa shape index (κ2) is 6.39. The molecule has 2 aliphatic rings. The quantitative estimate of drug-likeness (QED) is 0.802. The summed E-state index contributed by atoms with van der Waals surface area (Å²) in [5, 5.41) is 8.88. The molecule has 1 heterocycles. The molecule has 98 valence electrons. The van der Waals surface area contributed by atoms with Gasteiger partial charge in [0.2, 0.25) is 0 Å². The normalized spacial score (nSPS) is 27.4. The van der Waals surface area contributed by atoms with Crippen LogP contribution >= 0.6 is 0 Å². The Bertz CT molecular complexity index is 249. The Kier molecular flexibility index (Phi) is 4.84. The molecule has 2 fully saturated rings. The molecule has 0 spiro atoms. The molecule has 1 saturated carbocycles. The van der Waals surface area contributed by atoms with Gasteiger partial charge in [0.1, 0.15) is 0 Å². The predicted octanol–water partition coefficient (Wildman–Crippen LogP) is 2.90. The van der Waals surface area contributed by atoms with E-state index in [-0.39, 0.29) is 0 Å². The number of aliphatic carboxylic acids is 1. The Balaban J connectivity index is 1.71. The highest BCUT2D eigenvalue weighted by atomic mass is 16.4. The summed E-state index contributed by atoms with van der Waals surface area (Å²) in [7, 11) is 0. The van der Waals surface area contributed by atoms with Crippen molar-refractivity contribution in [1.29, 1.82) is 0 Å². The van der Waals surface area contributed by atoms with Gasteiger partial charge in [0.15, 0.2) is 0 Å². The van der Waals surface area contributed by atoms with E-state index < -0.39 is 5.97 Å². The van der Waals surface area contributed by atoms with Crippen molar-refractivity contribution < 1.29 is 9.90 Å². The topological polar surface area (TPSA) is 40.5 Å². The summed E-state index contributed by atoms with van der Waals surface area (Å²) in [5.41, 5.74) is 0. The molecule has 0 radical (unpaired) electrons. The summed E-state index contributed by atoms with van der Waals surface area (Å²) in [4.78, 5) is 13.2. The molecule has 1 saturated heterocycles. The van der Waals surface area contributed by atoms with E-state index >= 15 is 0 Å². The second-order valence-electron chi connectivity index (χ2n) is 5.72. The lowest BCUT2D eigenvalue weighted by atomic mass is 9.87. The van der Waals surface area contributed by atoms with Gasteiger partial charge in [-0.1, -0.05) is 32.1 Å². The third-order valence-corrected chi connectivity index (χ3v) is 4.46. The van der Waals surface area contributed by atoms with Crippen LogP contribution in [0.5, 0.6) is 0 Å². The van der Waals surface area contributed by atoms with Crippen molar-refractivity contribution in [2.45, 2.75) is 63.8 Å².